The molecule has 3 aromatic rings. The molecule has 0 saturated carbocycles. The van der Waals surface area contributed by atoms with Crippen LogP contribution in [0.3, 0.4) is 0 Å². The summed E-state index contributed by atoms with van der Waals surface area (Å²) in [6.45, 7) is 0. The summed E-state index contributed by atoms with van der Waals surface area (Å²) in [6, 6.07) is 12.5. The van der Waals surface area contributed by atoms with E-state index in [1.54, 1.807) is 22.9 Å². The van der Waals surface area contributed by atoms with Gasteiger partial charge in [0.15, 0.2) is 5.84 Å². The van der Waals surface area contributed by atoms with Crippen molar-refractivity contribution in [3.8, 4) is 5.69 Å². The molecule has 1 aromatic heterocycles. The van der Waals surface area contributed by atoms with Gasteiger partial charge in [-0.05, 0) is 30.3 Å². The van der Waals surface area contributed by atoms with Gasteiger partial charge in [0.2, 0.25) is 0 Å². The van der Waals surface area contributed by atoms with Gasteiger partial charge in [0, 0.05) is 10.6 Å². The normalized spacial score (nSPS) is 11.9. The van der Waals surface area contributed by atoms with Crippen LogP contribution in [0, 0.1) is 0 Å². The van der Waals surface area contributed by atoms with Gasteiger partial charge < -0.3 is 10.9 Å². The van der Waals surface area contributed by atoms with Crippen molar-refractivity contribution in [2.75, 3.05) is 0 Å². The SMILES string of the molecule is NC(=NO)c1ccc(Cl)cc1-n1nnc2ccccc21. The lowest BCUT2D eigenvalue weighted by Crippen LogP contribution is -2.16. The third kappa shape index (κ3) is 1.96. The first kappa shape index (κ1) is 12.4. The maximum Gasteiger partial charge on any atom is 0.172 e. The van der Waals surface area contributed by atoms with Crippen molar-refractivity contribution in [3.05, 3.63) is 53.1 Å². The van der Waals surface area contributed by atoms with Crippen molar-refractivity contribution in [1.29, 1.82) is 0 Å². The first-order valence-corrected chi connectivity index (χ1v) is 6.17. The second kappa shape index (κ2) is 4.82. The number of para-hydroxylation sites is 1. The Bertz CT molecular complexity index is 811. The summed E-state index contributed by atoms with van der Waals surface area (Å²) in [5.41, 5.74) is 8.37. The van der Waals surface area contributed by atoms with Crippen molar-refractivity contribution in [2.24, 2.45) is 10.9 Å². The van der Waals surface area contributed by atoms with Crippen molar-refractivity contribution in [3.63, 3.8) is 0 Å². The highest BCUT2D eigenvalue weighted by molar-refractivity contribution is 6.31. The van der Waals surface area contributed by atoms with E-state index in [0.29, 0.717) is 16.3 Å². The number of aromatic nitrogens is 3. The zero-order valence-electron chi connectivity index (χ0n) is 10.2. The lowest BCUT2D eigenvalue weighted by atomic mass is 10.1. The van der Waals surface area contributed by atoms with E-state index in [4.69, 9.17) is 22.5 Å². The summed E-state index contributed by atoms with van der Waals surface area (Å²) in [5, 5.41) is 20.6. The fourth-order valence-corrected chi connectivity index (χ4v) is 2.16. The number of hydrogen-bond acceptors (Lipinski definition) is 4. The first-order chi connectivity index (χ1) is 9.70. The zero-order valence-corrected chi connectivity index (χ0v) is 11.0. The molecule has 100 valence electrons. The molecule has 1 heterocycles. The van der Waals surface area contributed by atoms with Gasteiger partial charge in [-0.1, -0.05) is 34.1 Å². The summed E-state index contributed by atoms with van der Waals surface area (Å²) in [4.78, 5) is 0. The predicted molar refractivity (Wildman–Crippen MR) is 76.4 cm³/mol. The molecule has 0 aliphatic heterocycles. The van der Waals surface area contributed by atoms with Crippen LogP contribution in [-0.4, -0.2) is 26.0 Å². The van der Waals surface area contributed by atoms with E-state index in [1.165, 1.54) is 0 Å². The quantitative estimate of drug-likeness (QED) is 0.327. The van der Waals surface area contributed by atoms with E-state index in [0.717, 1.165) is 11.0 Å². The van der Waals surface area contributed by atoms with E-state index in [9.17, 15) is 0 Å². The van der Waals surface area contributed by atoms with Crippen LogP contribution in [0.4, 0.5) is 0 Å². The molecular formula is C13H10ClN5O. The molecule has 6 nitrogen and oxygen atoms in total. The van der Waals surface area contributed by atoms with Gasteiger partial charge in [-0.3, -0.25) is 0 Å². The molecule has 0 amide bonds. The molecule has 0 saturated heterocycles. The van der Waals surface area contributed by atoms with E-state index in [2.05, 4.69) is 15.5 Å². The van der Waals surface area contributed by atoms with E-state index in [-0.39, 0.29) is 5.84 Å². The summed E-state index contributed by atoms with van der Waals surface area (Å²) in [7, 11) is 0. The average molecular weight is 288 g/mol. The number of oxime groups is 1. The lowest BCUT2D eigenvalue weighted by Gasteiger charge is -2.09. The minimum atomic E-state index is -0.0174. The van der Waals surface area contributed by atoms with Crippen LogP contribution in [0.1, 0.15) is 5.56 Å². The third-order valence-corrected chi connectivity index (χ3v) is 3.16. The number of rotatable bonds is 2. The largest absolute Gasteiger partial charge is 0.409 e. The number of fused-ring (bicyclic) bond motifs is 1. The topological polar surface area (TPSA) is 89.3 Å². The fraction of sp³-hybridized carbons (Fsp3) is 0. The van der Waals surface area contributed by atoms with Crippen LogP contribution in [0.25, 0.3) is 16.7 Å². The molecule has 0 unspecified atom stereocenters. The molecule has 0 atom stereocenters. The molecule has 2 aromatic carbocycles. The third-order valence-electron chi connectivity index (χ3n) is 2.92. The molecule has 0 aliphatic carbocycles. The lowest BCUT2D eigenvalue weighted by molar-refractivity contribution is 0.318. The maximum absolute atomic E-state index is 8.88. The zero-order chi connectivity index (χ0) is 14.1. The van der Waals surface area contributed by atoms with Crippen LogP contribution in [-0.2, 0) is 0 Å². The van der Waals surface area contributed by atoms with Crippen LogP contribution >= 0.6 is 11.6 Å². The molecule has 0 spiro atoms. The van der Waals surface area contributed by atoms with Crippen LogP contribution < -0.4 is 5.73 Å². The summed E-state index contributed by atoms with van der Waals surface area (Å²) >= 11 is 6.03. The van der Waals surface area contributed by atoms with Crippen molar-refractivity contribution < 1.29 is 5.21 Å². The van der Waals surface area contributed by atoms with Crippen molar-refractivity contribution in [2.45, 2.75) is 0 Å². The average Bonchev–Trinajstić information content (AvgIpc) is 2.90. The van der Waals surface area contributed by atoms with Gasteiger partial charge in [-0.15, -0.1) is 5.10 Å². The second-order valence-corrected chi connectivity index (χ2v) is 4.57. The Hall–Kier alpha value is -2.60. The first-order valence-electron chi connectivity index (χ1n) is 5.79. The van der Waals surface area contributed by atoms with Gasteiger partial charge in [0.05, 0.1) is 11.2 Å². The van der Waals surface area contributed by atoms with Gasteiger partial charge in [0.1, 0.15) is 5.52 Å². The van der Waals surface area contributed by atoms with Crippen molar-refractivity contribution >= 4 is 28.5 Å². The minimum Gasteiger partial charge on any atom is -0.409 e. The highest BCUT2D eigenvalue weighted by Gasteiger charge is 2.13. The summed E-state index contributed by atoms with van der Waals surface area (Å²) in [5.74, 6) is -0.0174. The maximum atomic E-state index is 8.88. The Kier molecular flexibility index (Phi) is 3.00. The standard InChI is InChI=1S/C13H10ClN5O/c14-8-5-6-9(13(15)17-20)12(7-8)19-11-4-2-1-3-10(11)16-18-19/h1-7,20H,(H2,15,17). The molecule has 0 radical (unpaired) electrons. The number of halogens is 1. The Labute approximate surface area is 119 Å². The van der Waals surface area contributed by atoms with Crippen LogP contribution in [0.15, 0.2) is 47.6 Å². The Morgan fingerprint density at radius 2 is 2.05 bits per heavy atom. The van der Waals surface area contributed by atoms with Gasteiger partial charge >= 0.3 is 0 Å². The Morgan fingerprint density at radius 3 is 2.85 bits per heavy atom. The molecule has 7 heteroatoms. The molecular weight excluding hydrogens is 278 g/mol. The highest BCUT2D eigenvalue weighted by Crippen LogP contribution is 2.23. The minimum absolute atomic E-state index is 0.0174. The second-order valence-electron chi connectivity index (χ2n) is 4.14. The predicted octanol–water partition coefficient (Wildman–Crippen LogP) is 2.17. The number of nitrogens with two attached hydrogens (primary N) is 1. The molecule has 3 N–H and O–H groups in total. The van der Waals surface area contributed by atoms with Crippen LogP contribution in [0.2, 0.25) is 5.02 Å². The fourth-order valence-electron chi connectivity index (χ4n) is 2.00. The molecule has 0 fully saturated rings. The molecule has 0 aliphatic rings. The van der Waals surface area contributed by atoms with E-state index in [1.807, 2.05) is 24.3 Å². The molecule has 0 bridgehead atoms. The molecule has 3 rings (SSSR count). The highest BCUT2D eigenvalue weighted by atomic mass is 35.5. The monoisotopic (exact) mass is 287 g/mol. The van der Waals surface area contributed by atoms with Crippen LogP contribution in [0.5, 0.6) is 0 Å². The number of amidine groups is 1. The summed E-state index contributed by atoms with van der Waals surface area (Å²) < 4.78 is 1.61. The Morgan fingerprint density at radius 1 is 1.25 bits per heavy atom. The Balaban J connectivity index is 2.31. The van der Waals surface area contributed by atoms with Crippen molar-refractivity contribution in [1.82, 2.24) is 15.0 Å². The van der Waals surface area contributed by atoms with E-state index >= 15 is 0 Å². The van der Waals surface area contributed by atoms with E-state index < -0.39 is 0 Å². The summed E-state index contributed by atoms with van der Waals surface area (Å²) in [6.07, 6.45) is 0. The number of nitrogens with zero attached hydrogens (tertiary/aromatic N) is 4. The van der Waals surface area contributed by atoms with Gasteiger partial charge in [-0.25, -0.2) is 4.68 Å². The molecule has 20 heavy (non-hydrogen) atoms. The smallest absolute Gasteiger partial charge is 0.172 e. The number of hydrogen-bond donors (Lipinski definition) is 2. The van der Waals surface area contributed by atoms with Gasteiger partial charge in [-0.2, -0.15) is 0 Å². The van der Waals surface area contributed by atoms with Gasteiger partial charge in [0.25, 0.3) is 0 Å². The number of benzene rings is 2.